The lowest BCUT2D eigenvalue weighted by Gasteiger charge is -2.22. The van der Waals surface area contributed by atoms with Crippen LogP contribution in [-0.2, 0) is 12.8 Å². The summed E-state index contributed by atoms with van der Waals surface area (Å²) in [5, 5.41) is 23.0. The van der Waals surface area contributed by atoms with Crippen molar-refractivity contribution in [2.45, 2.75) is 32.6 Å². The number of hydrogen-bond donors (Lipinski definition) is 0. The van der Waals surface area contributed by atoms with Crippen molar-refractivity contribution >= 4 is 5.88 Å². The van der Waals surface area contributed by atoms with Crippen molar-refractivity contribution in [3.8, 4) is 11.5 Å². The predicted octanol–water partition coefficient (Wildman–Crippen LogP) is 2.10. The average Bonchev–Trinajstić information content (AvgIpc) is 2.95. The van der Waals surface area contributed by atoms with Crippen LogP contribution in [0.5, 0.6) is 0 Å². The quantitative estimate of drug-likeness (QED) is 0.478. The van der Waals surface area contributed by atoms with Crippen LogP contribution in [0.15, 0.2) is 16.5 Å². The van der Waals surface area contributed by atoms with Gasteiger partial charge in [0.15, 0.2) is 0 Å². The molecule has 3 rings (SSSR count). The summed E-state index contributed by atoms with van der Waals surface area (Å²) in [6.45, 7) is 1.51. The molecule has 2 aromatic rings. The Hall–Kier alpha value is -2.64. The van der Waals surface area contributed by atoms with Crippen molar-refractivity contribution in [2.75, 3.05) is 0 Å². The van der Waals surface area contributed by atoms with E-state index in [0.29, 0.717) is 28.7 Å². The minimum atomic E-state index is -0.683. The van der Waals surface area contributed by atoms with Crippen LogP contribution in [0.3, 0.4) is 0 Å². The van der Waals surface area contributed by atoms with Crippen LogP contribution >= 0.6 is 0 Å². The first kappa shape index (κ1) is 13.3. The second kappa shape index (κ2) is 4.72. The number of nitrogens with zero attached hydrogens (tertiary/aromatic N) is 3. The van der Waals surface area contributed by atoms with Gasteiger partial charge in [-0.05, 0) is 32.3 Å². The molecule has 8 heteroatoms. The van der Waals surface area contributed by atoms with E-state index in [1.165, 1.54) is 19.1 Å². The molecular weight excluding hydrogens is 278 g/mol. The van der Waals surface area contributed by atoms with Gasteiger partial charge in [-0.3, -0.25) is 10.1 Å². The van der Waals surface area contributed by atoms with Crippen LogP contribution < -0.4 is 4.43 Å². The number of furan rings is 1. The van der Waals surface area contributed by atoms with Gasteiger partial charge in [0, 0.05) is 11.3 Å². The molecule has 0 saturated heterocycles. The van der Waals surface area contributed by atoms with Crippen LogP contribution in [0.1, 0.15) is 29.9 Å². The van der Waals surface area contributed by atoms with Crippen LogP contribution in [0.4, 0.5) is 5.88 Å². The molecule has 0 unspecified atom stereocenters. The van der Waals surface area contributed by atoms with Gasteiger partial charge in [-0.15, -0.1) is 0 Å². The Balaban J connectivity index is 2.25. The predicted molar refractivity (Wildman–Crippen MR) is 72.3 cm³/mol. The maximum absolute atomic E-state index is 12.5. The summed E-state index contributed by atoms with van der Waals surface area (Å²) >= 11 is 0. The molecule has 0 aliphatic heterocycles. The largest absolute Gasteiger partial charge is 0.805 e. The van der Waals surface area contributed by atoms with Crippen LogP contribution in [-0.4, -0.2) is 9.65 Å². The molecular formula is C13H13N3O5. The van der Waals surface area contributed by atoms with E-state index in [9.17, 15) is 20.2 Å². The van der Waals surface area contributed by atoms with Crippen molar-refractivity contribution in [1.29, 1.82) is 0 Å². The molecule has 0 amide bonds. The summed E-state index contributed by atoms with van der Waals surface area (Å²) in [7, 11) is 0. The Kier molecular flexibility index (Phi) is 3.00. The molecule has 0 saturated carbocycles. The monoisotopic (exact) mass is 291 g/mol. The van der Waals surface area contributed by atoms with E-state index >= 15 is 0 Å². The van der Waals surface area contributed by atoms with Gasteiger partial charge in [-0.25, -0.2) is 0 Å². The Morgan fingerprint density at radius 1 is 1.33 bits per heavy atom. The van der Waals surface area contributed by atoms with Crippen molar-refractivity contribution in [1.82, 2.24) is 4.73 Å². The van der Waals surface area contributed by atoms with Gasteiger partial charge in [0.25, 0.3) is 5.69 Å². The zero-order chi connectivity index (χ0) is 15.1. The first-order chi connectivity index (χ1) is 10.0. The van der Waals surface area contributed by atoms with Crippen molar-refractivity contribution in [3.05, 3.63) is 49.4 Å². The Morgan fingerprint density at radius 3 is 2.71 bits per heavy atom. The second-order valence-corrected chi connectivity index (χ2v) is 5.02. The number of aromatic nitrogens is 2. The van der Waals surface area contributed by atoms with Gasteiger partial charge in [0.1, 0.15) is 4.92 Å². The molecule has 0 radical (unpaired) electrons. The van der Waals surface area contributed by atoms with Gasteiger partial charge >= 0.3 is 11.6 Å². The number of hydrogen-bond acceptors (Lipinski definition) is 5. The highest BCUT2D eigenvalue weighted by molar-refractivity contribution is 5.54. The highest BCUT2D eigenvalue weighted by Gasteiger charge is 2.31. The summed E-state index contributed by atoms with van der Waals surface area (Å²) in [6, 6.07) is 2.51. The van der Waals surface area contributed by atoms with Gasteiger partial charge in [-0.1, -0.05) is 0 Å². The second-order valence-electron chi connectivity index (χ2n) is 5.02. The molecule has 8 nitrogen and oxygen atoms in total. The van der Waals surface area contributed by atoms with Crippen LogP contribution in [0, 0.1) is 27.2 Å². The Morgan fingerprint density at radius 2 is 2.05 bits per heavy atom. The van der Waals surface area contributed by atoms with E-state index in [1.807, 2.05) is 0 Å². The molecule has 0 spiro atoms. The topological polar surface area (TPSA) is 107 Å². The molecule has 21 heavy (non-hydrogen) atoms. The molecule has 0 fully saturated rings. The van der Waals surface area contributed by atoms with Gasteiger partial charge in [0.05, 0.1) is 21.9 Å². The number of nitro groups is 1. The summed E-state index contributed by atoms with van der Waals surface area (Å²) in [4.78, 5) is 22.5. The highest BCUT2D eigenvalue weighted by Crippen LogP contribution is 2.28. The molecule has 0 N–H and O–H groups in total. The summed E-state index contributed by atoms with van der Waals surface area (Å²) < 4.78 is 6.49. The van der Waals surface area contributed by atoms with Gasteiger partial charge in [0.2, 0.25) is 5.76 Å². The van der Waals surface area contributed by atoms with E-state index in [2.05, 4.69) is 0 Å². The minimum Gasteiger partial charge on any atom is -0.805 e. The third kappa shape index (κ3) is 1.99. The standard InChI is InChI=1S/C13H13N3O5/c1-8-13(11-6-7-12(21-11)16(19)20)15(18)10-5-3-2-4-9(10)14(8)17/h6-7H,2-5H2,1H3. The van der Waals surface area contributed by atoms with Gasteiger partial charge < -0.3 is 14.4 Å². The minimum absolute atomic E-state index is 0.0344. The third-order valence-corrected chi connectivity index (χ3v) is 3.76. The van der Waals surface area contributed by atoms with E-state index in [0.717, 1.165) is 17.6 Å². The molecule has 2 aromatic heterocycles. The fourth-order valence-corrected chi connectivity index (χ4v) is 2.72. The molecule has 0 atom stereocenters. The van der Waals surface area contributed by atoms with Crippen molar-refractivity contribution < 1.29 is 13.8 Å². The molecule has 1 aliphatic carbocycles. The van der Waals surface area contributed by atoms with E-state index in [-0.39, 0.29) is 17.1 Å². The van der Waals surface area contributed by atoms with Crippen molar-refractivity contribution in [3.63, 3.8) is 0 Å². The number of fused-ring (bicyclic) bond motifs is 1. The zero-order valence-electron chi connectivity index (χ0n) is 11.4. The fraction of sp³-hybridized carbons (Fsp3) is 0.385. The molecule has 110 valence electrons. The maximum Gasteiger partial charge on any atom is 0.433 e. The SMILES string of the molecule is Cc1c(-c2ccc([N+](=O)[O-])o2)[n+](=O)c2c(n1[O-])CCCC2. The normalized spacial score (nSPS) is 14.0. The summed E-state index contributed by atoms with van der Waals surface area (Å²) in [5.41, 5.74) is 1.14. The van der Waals surface area contributed by atoms with E-state index < -0.39 is 10.8 Å². The lowest BCUT2D eigenvalue weighted by Crippen LogP contribution is -2.32. The lowest BCUT2D eigenvalue weighted by atomic mass is 9.99. The zero-order valence-corrected chi connectivity index (χ0v) is 11.4. The molecule has 1 aliphatic rings. The van der Waals surface area contributed by atoms with E-state index in [4.69, 9.17) is 4.42 Å². The van der Waals surface area contributed by atoms with Crippen LogP contribution in [0.2, 0.25) is 0 Å². The third-order valence-electron chi connectivity index (χ3n) is 3.76. The summed E-state index contributed by atoms with van der Waals surface area (Å²) in [5.74, 6) is -0.424. The Labute approximate surface area is 119 Å². The number of rotatable bonds is 2. The molecule has 2 heterocycles. The Bertz CT molecular complexity index is 790. The highest BCUT2D eigenvalue weighted by atomic mass is 16.6. The van der Waals surface area contributed by atoms with E-state index in [1.54, 1.807) is 0 Å². The van der Waals surface area contributed by atoms with Gasteiger partial charge in [-0.2, -0.15) is 0 Å². The fourth-order valence-electron chi connectivity index (χ4n) is 2.72. The molecule has 0 bridgehead atoms. The van der Waals surface area contributed by atoms with Crippen molar-refractivity contribution in [2.24, 2.45) is 0 Å². The molecule has 0 aromatic carbocycles. The lowest BCUT2D eigenvalue weighted by molar-refractivity contribution is -0.496. The smallest absolute Gasteiger partial charge is 0.433 e. The van der Waals surface area contributed by atoms with Crippen LogP contribution in [0.25, 0.3) is 11.5 Å². The first-order valence-electron chi connectivity index (χ1n) is 6.62. The first-order valence-corrected chi connectivity index (χ1v) is 6.62. The summed E-state index contributed by atoms with van der Waals surface area (Å²) in [6.07, 6.45) is 2.81. The average molecular weight is 291 g/mol. The maximum atomic E-state index is 12.5.